The van der Waals surface area contributed by atoms with Gasteiger partial charge in [0.05, 0.1) is 0 Å². The Kier molecular flexibility index (Phi) is 3.43. The second kappa shape index (κ2) is 5.38. The highest BCUT2D eigenvalue weighted by molar-refractivity contribution is 5.88. The van der Waals surface area contributed by atoms with Gasteiger partial charge in [-0.1, -0.05) is 36.4 Å². The lowest BCUT2D eigenvalue weighted by Gasteiger charge is -2.18. The van der Waals surface area contributed by atoms with Gasteiger partial charge in [0.2, 0.25) is 0 Å². The first-order valence-electron chi connectivity index (χ1n) is 6.72. The summed E-state index contributed by atoms with van der Waals surface area (Å²) in [6, 6.07) is 12.7. The molecule has 0 aliphatic heterocycles. The number of tetrazole rings is 1. The zero-order valence-electron chi connectivity index (χ0n) is 11.4. The Hall–Kier alpha value is -2.27. The second-order valence-corrected chi connectivity index (χ2v) is 4.87. The molecule has 1 atom stereocenters. The van der Waals surface area contributed by atoms with Crippen LogP contribution in [0.4, 0.5) is 0 Å². The summed E-state index contributed by atoms with van der Waals surface area (Å²) >= 11 is 0. The molecule has 0 aliphatic rings. The lowest BCUT2D eigenvalue weighted by Crippen LogP contribution is -2.18. The average molecular weight is 267 g/mol. The van der Waals surface area contributed by atoms with E-state index in [2.05, 4.69) is 58.7 Å². The van der Waals surface area contributed by atoms with E-state index in [0.29, 0.717) is 6.54 Å². The molecule has 5 heteroatoms. The first kappa shape index (κ1) is 12.7. The van der Waals surface area contributed by atoms with Crippen LogP contribution >= 0.6 is 0 Å². The maximum absolute atomic E-state index is 5.76. The Balaban J connectivity index is 2.19. The molecule has 1 heterocycles. The van der Waals surface area contributed by atoms with Crippen molar-refractivity contribution in [3.63, 3.8) is 0 Å². The molecule has 5 nitrogen and oxygen atoms in total. The maximum Gasteiger partial charge on any atom is 0.162 e. The van der Waals surface area contributed by atoms with E-state index in [9.17, 15) is 0 Å². The number of benzene rings is 2. The molecule has 2 aromatic carbocycles. The van der Waals surface area contributed by atoms with Crippen molar-refractivity contribution in [1.82, 2.24) is 20.2 Å². The van der Waals surface area contributed by atoms with E-state index >= 15 is 0 Å². The Morgan fingerprint density at radius 3 is 2.65 bits per heavy atom. The summed E-state index contributed by atoms with van der Waals surface area (Å²) in [4.78, 5) is 1.64. The number of fused-ring (bicyclic) bond motifs is 1. The Bertz CT molecular complexity index is 705. The van der Waals surface area contributed by atoms with Crippen LogP contribution in [0.25, 0.3) is 10.8 Å². The van der Waals surface area contributed by atoms with Gasteiger partial charge in [-0.3, -0.25) is 0 Å². The first-order chi connectivity index (χ1) is 9.81. The van der Waals surface area contributed by atoms with E-state index in [1.807, 2.05) is 0 Å². The molecule has 0 fully saturated rings. The average Bonchev–Trinajstić information content (AvgIpc) is 3.00. The minimum Gasteiger partial charge on any atom is -0.330 e. The number of hydrogen-bond acceptors (Lipinski definition) is 4. The number of hydrogen-bond donors (Lipinski definition) is 1. The van der Waals surface area contributed by atoms with E-state index in [1.165, 1.54) is 28.2 Å². The Labute approximate surface area is 117 Å². The quantitative estimate of drug-likeness (QED) is 0.785. The van der Waals surface area contributed by atoms with Crippen molar-refractivity contribution in [2.24, 2.45) is 5.73 Å². The van der Waals surface area contributed by atoms with Gasteiger partial charge in [-0.25, -0.2) is 0 Å². The van der Waals surface area contributed by atoms with Gasteiger partial charge in [-0.15, -0.1) is 10.2 Å². The summed E-state index contributed by atoms with van der Waals surface area (Å²) in [5.41, 5.74) is 8.21. The van der Waals surface area contributed by atoms with Crippen LogP contribution in [0.5, 0.6) is 0 Å². The van der Waals surface area contributed by atoms with Crippen LogP contribution in [-0.4, -0.2) is 26.8 Å². The van der Waals surface area contributed by atoms with Crippen molar-refractivity contribution in [3.8, 4) is 0 Å². The van der Waals surface area contributed by atoms with Gasteiger partial charge in [0.25, 0.3) is 0 Å². The van der Waals surface area contributed by atoms with Crippen LogP contribution in [0.2, 0.25) is 0 Å². The predicted molar refractivity (Wildman–Crippen MR) is 78.3 cm³/mol. The second-order valence-electron chi connectivity index (χ2n) is 4.87. The number of aromatic nitrogens is 4. The van der Waals surface area contributed by atoms with Crippen LogP contribution in [-0.2, 0) is 0 Å². The monoisotopic (exact) mass is 267 g/mol. The van der Waals surface area contributed by atoms with Crippen molar-refractivity contribution in [3.05, 3.63) is 53.9 Å². The molecular weight excluding hydrogens is 250 g/mol. The summed E-state index contributed by atoms with van der Waals surface area (Å²) in [5, 5.41) is 14.5. The van der Waals surface area contributed by atoms with Gasteiger partial charge >= 0.3 is 0 Å². The van der Waals surface area contributed by atoms with Crippen LogP contribution in [0.3, 0.4) is 0 Å². The zero-order valence-corrected chi connectivity index (χ0v) is 11.4. The Morgan fingerprint density at radius 2 is 1.95 bits per heavy atom. The largest absolute Gasteiger partial charge is 0.330 e. The third-order valence-corrected chi connectivity index (χ3v) is 3.62. The van der Waals surface area contributed by atoms with Crippen LogP contribution < -0.4 is 5.73 Å². The number of rotatable bonds is 4. The van der Waals surface area contributed by atoms with E-state index in [-0.39, 0.29) is 6.04 Å². The highest BCUT2D eigenvalue weighted by Crippen LogP contribution is 2.29. The highest BCUT2D eigenvalue weighted by Gasteiger charge is 2.18. The van der Waals surface area contributed by atoms with Crippen molar-refractivity contribution >= 4 is 10.8 Å². The van der Waals surface area contributed by atoms with E-state index < -0.39 is 0 Å². The summed E-state index contributed by atoms with van der Waals surface area (Å²) < 4.78 is 0. The fraction of sp³-hybridized carbons (Fsp3) is 0.267. The minimum atomic E-state index is 0.0213. The molecule has 0 amide bonds. The van der Waals surface area contributed by atoms with E-state index in [1.54, 1.807) is 4.80 Å². The zero-order chi connectivity index (χ0) is 13.9. The van der Waals surface area contributed by atoms with Crippen LogP contribution in [0, 0.1) is 6.92 Å². The molecule has 0 aliphatic carbocycles. The fourth-order valence-electron chi connectivity index (χ4n) is 2.63. The molecule has 2 N–H and O–H groups in total. The molecule has 1 unspecified atom stereocenters. The van der Waals surface area contributed by atoms with Crippen molar-refractivity contribution < 1.29 is 0 Å². The van der Waals surface area contributed by atoms with Gasteiger partial charge in [-0.2, -0.15) is 4.80 Å². The molecule has 0 radical (unpaired) electrons. The molecule has 3 aromatic rings. The number of nitrogens with zero attached hydrogens (tertiary/aromatic N) is 4. The standard InChI is InChI=1S/C15H17N5/c1-11-6-7-14(13-5-3-2-4-12(11)13)15(8-9-16)20-18-10-17-19-20/h2-7,10,15H,8-9,16H2,1H3. The smallest absolute Gasteiger partial charge is 0.162 e. The molecule has 20 heavy (non-hydrogen) atoms. The van der Waals surface area contributed by atoms with Gasteiger partial charge in [0.1, 0.15) is 6.04 Å². The molecular formula is C15H17N5. The molecule has 0 saturated heterocycles. The van der Waals surface area contributed by atoms with Gasteiger partial charge in [0.15, 0.2) is 6.33 Å². The van der Waals surface area contributed by atoms with Crippen LogP contribution in [0.1, 0.15) is 23.6 Å². The SMILES string of the molecule is Cc1ccc(C(CCN)n2ncnn2)c2ccccc12. The molecule has 3 rings (SSSR count). The molecule has 0 spiro atoms. The predicted octanol–water partition coefficient (Wildman–Crippen LogP) is 2.07. The Morgan fingerprint density at radius 1 is 1.15 bits per heavy atom. The van der Waals surface area contributed by atoms with E-state index in [0.717, 1.165) is 6.42 Å². The van der Waals surface area contributed by atoms with Gasteiger partial charge < -0.3 is 5.73 Å². The highest BCUT2D eigenvalue weighted by atomic mass is 15.6. The number of aryl methyl sites for hydroxylation is 1. The van der Waals surface area contributed by atoms with Crippen molar-refractivity contribution in [1.29, 1.82) is 0 Å². The molecule has 1 aromatic heterocycles. The van der Waals surface area contributed by atoms with Crippen LogP contribution in [0.15, 0.2) is 42.7 Å². The summed E-state index contributed by atoms with van der Waals surface area (Å²) in [5.74, 6) is 0. The third kappa shape index (κ3) is 2.16. The molecule has 0 saturated carbocycles. The molecule has 102 valence electrons. The summed E-state index contributed by atoms with van der Waals surface area (Å²) in [6.07, 6.45) is 2.24. The van der Waals surface area contributed by atoms with Gasteiger partial charge in [-0.05, 0) is 47.0 Å². The topological polar surface area (TPSA) is 69.6 Å². The fourth-order valence-corrected chi connectivity index (χ4v) is 2.63. The first-order valence-corrected chi connectivity index (χ1v) is 6.72. The third-order valence-electron chi connectivity index (χ3n) is 3.62. The van der Waals surface area contributed by atoms with E-state index in [4.69, 9.17) is 5.73 Å². The minimum absolute atomic E-state index is 0.0213. The summed E-state index contributed by atoms with van der Waals surface area (Å²) in [6.45, 7) is 2.70. The maximum atomic E-state index is 5.76. The molecule has 0 bridgehead atoms. The lowest BCUT2D eigenvalue weighted by molar-refractivity contribution is 0.433. The normalized spacial score (nSPS) is 12.7. The van der Waals surface area contributed by atoms with Gasteiger partial charge in [0, 0.05) is 0 Å². The lowest BCUT2D eigenvalue weighted by atomic mass is 9.94. The number of nitrogens with two attached hydrogens (primary N) is 1. The summed E-state index contributed by atoms with van der Waals surface area (Å²) in [7, 11) is 0. The van der Waals surface area contributed by atoms with Crippen molar-refractivity contribution in [2.75, 3.05) is 6.54 Å². The van der Waals surface area contributed by atoms with Crippen molar-refractivity contribution in [2.45, 2.75) is 19.4 Å².